The van der Waals surface area contributed by atoms with Gasteiger partial charge in [0.15, 0.2) is 0 Å². The minimum Gasteiger partial charge on any atom is -0.748 e. The topological polar surface area (TPSA) is 114 Å². The zero-order valence-electron chi connectivity index (χ0n) is 47.0. The van der Waals surface area contributed by atoms with Crippen molar-refractivity contribution in [1.29, 1.82) is 0 Å². The van der Waals surface area contributed by atoms with E-state index in [0.29, 0.717) is 12.8 Å². The minimum atomic E-state index is -4.00. The van der Waals surface area contributed by atoms with Crippen LogP contribution in [0.4, 0.5) is 0 Å². The normalized spacial score (nSPS) is 11.8. The minimum absolute atomic E-state index is 0. The Morgan fingerprint density at radius 3 is 0.362 bits per heavy atom. The first kappa shape index (κ1) is 74.3. The van der Waals surface area contributed by atoms with Crippen molar-refractivity contribution in [3.63, 3.8) is 0 Å². The van der Waals surface area contributed by atoms with E-state index in [4.69, 9.17) is 0 Å². The Kier molecular flexibility index (Phi) is 68.3. The van der Waals surface area contributed by atoms with Gasteiger partial charge in [0, 0.05) is 11.5 Å². The number of rotatable bonds is 58. The predicted octanol–water partition coefficient (Wildman–Crippen LogP) is 20.6. The fourth-order valence-electron chi connectivity index (χ4n) is 9.90. The van der Waals surface area contributed by atoms with E-state index in [-0.39, 0.29) is 49.2 Å². The van der Waals surface area contributed by atoms with Crippen LogP contribution in [0.3, 0.4) is 0 Å². The molecule has 69 heavy (non-hydrogen) atoms. The molecule has 6 nitrogen and oxygen atoms in total. The van der Waals surface area contributed by atoms with Crippen LogP contribution < -0.4 is 0 Å². The zero-order chi connectivity index (χ0) is 50.0. The summed E-state index contributed by atoms with van der Waals surface area (Å²) in [6.45, 7) is 4.59. The largest absolute Gasteiger partial charge is 2.00 e. The Balaban J connectivity index is -0.00000124. The molecular weight excluding hydrogens is 921 g/mol. The van der Waals surface area contributed by atoms with E-state index in [2.05, 4.69) is 13.8 Å². The summed E-state index contributed by atoms with van der Waals surface area (Å²) in [5.74, 6) is -0.376. The van der Waals surface area contributed by atoms with Gasteiger partial charge in [0.2, 0.25) is 0 Å². The zero-order valence-corrected chi connectivity index (χ0v) is 50.8. The third kappa shape index (κ3) is 78.1. The van der Waals surface area contributed by atoms with E-state index in [1.165, 1.54) is 321 Å². The average molecular weight is 1040 g/mol. The van der Waals surface area contributed by atoms with Crippen LogP contribution in [-0.4, -0.2) is 75.2 Å². The van der Waals surface area contributed by atoms with Crippen LogP contribution in [0.5, 0.6) is 0 Å². The van der Waals surface area contributed by atoms with Crippen molar-refractivity contribution >= 4 is 58.0 Å². The molecule has 0 atom stereocenters. The molecule has 0 aromatic heterocycles. The van der Waals surface area contributed by atoms with E-state index in [0.717, 1.165) is 25.7 Å². The van der Waals surface area contributed by atoms with Crippen LogP contribution in [-0.2, 0) is 20.2 Å². The van der Waals surface area contributed by atoms with Crippen LogP contribution in [0.2, 0.25) is 0 Å². The molecule has 0 aromatic carbocycles. The Morgan fingerprint density at radius 1 is 0.188 bits per heavy atom. The first-order valence-corrected chi connectivity index (χ1v) is 34.1. The van der Waals surface area contributed by atoms with Gasteiger partial charge in [-0.15, -0.1) is 0 Å². The van der Waals surface area contributed by atoms with E-state index in [1.807, 2.05) is 0 Å². The SMILES string of the molecule is CCCCCCCCCCCCCCCCCCCCCCCCCCCCCCS(=O)(=O)[O-].CCCCCCCCCCCCCCCCCCCCCCCCCCCCCCS(=O)(=O)[O-].[Ca+2]. The summed E-state index contributed by atoms with van der Waals surface area (Å²) >= 11 is 0. The average Bonchev–Trinajstić information content (AvgIpc) is 3.30. The predicted molar refractivity (Wildman–Crippen MR) is 305 cm³/mol. The second kappa shape index (κ2) is 63.4. The van der Waals surface area contributed by atoms with Gasteiger partial charge in [0.05, 0.1) is 20.2 Å². The molecular formula is C60H122CaO6S2. The molecule has 0 aliphatic heterocycles. The van der Waals surface area contributed by atoms with E-state index >= 15 is 0 Å². The first-order valence-electron chi connectivity index (χ1n) is 31.0. The van der Waals surface area contributed by atoms with E-state index in [1.54, 1.807) is 0 Å². The Morgan fingerprint density at radius 2 is 0.275 bits per heavy atom. The maximum Gasteiger partial charge on any atom is 2.00 e. The fraction of sp³-hybridized carbons (Fsp3) is 1.00. The molecule has 0 aliphatic rings. The third-order valence-corrected chi connectivity index (χ3v) is 16.1. The Hall–Kier alpha value is 1.08. The van der Waals surface area contributed by atoms with Crippen LogP contribution >= 0.6 is 0 Å². The molecule has 412 valence electrons. The number of hydrogen-bond acceptors (Lipinski definition) is 6. The molecule has 0 N–H and O–H groups in total. The monoisotopic (exact) mass is 1040 g/mol. The van der Waals surface area contributed by atoms with Gasteiger partial charge in [-0.05, 0) is 12.8 Å². The number of hydrogen-bond donors (Lipinski definition) is 0. The summed E-state index contributed by atoms with van der Waals surface area (Å²) in [5, 5.41) is 0. The van der Waals surface area contributed by atoms with Crippen LogP contribution in [0.25, 0.3) is 0 Å². The van der Waals surface area contributed by atoms with Crippen molar-refractivity contribution in [2.45, 2.75) is 373 Å². The molecule has 0 fully saturated rings. The van der Waals surface area contributed by atoms with Gasteiger partial charge in [-0.25, -0.2) is 16.8 Å². The molecule has 9 heteroatoms. The van der Waals surface area contributed by atoms with Crippen molar-refractivity contribution in [1.82, 2.24) is 0 Å². The molecule has 0 unspecified atom stereocenters. The molecule has 0 amide bonds. The molecule has 0 aliphatic carbocycles. The summed E-state index contributed by atoms with van der Waals surface area (Å²) in [6, 6.07) is 0. The molecule has 0 radical (unpaired) electrons. The maximum absolute atomic E-state index is 10.5. The number of unbranched alkanes of at least 4 members (excludes halogenated alkanes) is 54. The van der Waals surface area contributed by atoms with Crippen LogP contribution in [0, 0.1) is 0 Å². The molecule has 0 spiro atoms. The van der Waals surface area contributed by atoms with Gasteiger partial charge in [-0.2, -0.15) is 0 Å². The van der Waals surface area contributed by atoms with Crippen molar-refractivity contribution in [2.24, 2.45) is 0 Å². The Labute approximate surface area is 465 Å². The van der Waals surface area contributed by atoms with E-state index < -0.39 is 20.2 Å². The molecule has 0 bridgehead atoms. The molecule has 0 heterocycles. The van der Waals surface area contributed by atoms with Crippen molar-refractivity contribution in [3.05, 3.63) is 0 Å². The van der Waals surface area contributed by atoms with Crippen LogP contribution in [0.15, 0.2) is 0 Å². The van der Waals surface area contributed by atoms with Crippen molar-refractivity contribution < 1.29 is 25.9 Å². The summed E-state index contributed by atoms with van der Waals surface area (Å²) < 4.78 is 63.1. The van der Waals surface area contributed by atoms with Gasteiger partial charge in [0.25, 0.3) is 0 Å². The van der Waals surface area contributed by atoms with Crippen molar-refractivity contribution in [3.8, 4) is 0 Å². The molecule has 0 saturated carbocycles. The first-order chi connectivity index (χ1) is 33.1. The van der Waals surface area contributed by atoms with Gasteiger partial charge in [0.1, 0.15) is 0 Å². The second-order valence-electron chi connectivity index (χ2n) is 21.6. The third-order valence-electron chi connectivity index (χ3n) is 14.5. The van der Waals surface area contributed by atoms with Crippen molar-refractivity contribution in [2.75, 3.05) is 11.5 Å². The summed E-state index contributed by atoms with van der Waals surface area (Å²) in [7, 11) is -8.01. The quantitative estimate of drug-likeness (QED) is 0.0340. The van der Waals surface area contributed by atoms with Gasteiger partial charge < -0.3 is 9.11 Å². The smallest absolute Gasteiger partial charge is 0.748 e. The molecule has 0 saturated heterocycles. The second-order valence-corrected chi connectivity index (χ2v) is 24.7. The summed E-state index contributed by atoms with van der Waals surface area (Å²) in [6.07, 6.45) is 75.5. The molecule has 0 aromatic rings. The standard InChI is InChI=1S/2C30H62O3S.Ca/c2*1-2-3-4-5-6-7-8-9-10-11-12-13-14-15-16-17-18-19-20-21-22-23-24-25-26-27-28-29-30-34(31,32)33;/h2*2-30H2,1H3,(H,31,32,33);/q;;+2/p-2. The fourth-order valence-corrected chi connectivity index (χ4v) is 11.0. The Bertz CT molecular complexity index is 1050. The van der Waals surface area contributed by atoms with Gasteiger partial charge in [-0.1, -0.05) is 361 Å². The van der Waals surface area contributed by atoms with Gasteiger partial charge >= 0.3 is 37.7 Å². The maximum atomic E-state index is 10.5. The summed E-state index contributed by atoms with van der Waals surface area (Å²) in [5.41, 5.74) is 0. The van der Waals surface area contributed by atoms with E-state index in [9.17, 15) is 25.9 Å². The van der Waals surface area contributed by atoms with Crippen LogP contribution in [0.1, 0.15) is 373 Å². The molecule has 0 rings (SSSR count). The summed E-state index contributed by atoms with van der Waals surface area (Å²) in [4.78, 5) is 0. The van der Waals surface area contributed by atoms with Gasteiger partial charge in [-0.3, -0.25) is 0 Å².